The maximum atomic E-state index is 12.1. The molecule has 102 valence electrons. The molecule has 0 saturated heterocycles. The zero-order chi connectivity index (χ0) is 14.6. The molecule has 2 aromatic rings. The number of aromatic nitrogens is 2. The highest BCUT2D eigenvalue weighted by molar-refractivity contribution is 5.96. The van der Waals surface area contributed by atoms with E-state index in [-0.39, 0.29) is 5.69 Å². The first-order valence-corrected chi connectivity index (χ1v) is 5.91. The summed E-state index contributed by atoms with van der Waals surface area (Å²) in [5.74, 6) is -1.74. The maximum Gasteiger partial charge on any atom is 0.333 e. The second kappa shape index (κ2) is 5.48. The van der Waals surface area contributed by atoms with Gasteiger partial charge in [0.2, 0.25) is 0 Å². The van der Waals surface area contributed by atoms with Crippen molar-refractivity contribution in [3.8, 4) is 0 Å². The highest BCUT2D eigenvalue weighted by Crippen LogP contribution is 2.21. The molecule has 0 radical (unpaired) electrons. The molecule has 6 nitrogen and oxygen atoms in total. The second-order valence-corrected chi connectivity index (χ2v) is 4.34. The van der Waals surface area contributed by atoms with E-state index in [9.17, 15) is 14.7 Å². The lowest BCUT2D eigenvalue weighted by Crippen LogP contribution is -2.49. The molecule has 0 saturated carbocycles. The third-order valence-electron chi connectivity index (χ3n) is 2.94. The van der Waals surface area contributed by atoms with Crippen molar-refractivity contribution < 1.29 is 14.7 Å². The number of aliphatic carboxylic acids is 1. The fourth-order valence-electron chi connectivity index (χ4n) is 1.73. The smallest absolute Gasteiger partial charge is 0.333 e. The first-order valence-electron chi connectivity index (χ1n) is 5.91. The van der Waals surface area contributed by atoms with Crippen molar-refractivity contribution in [1.29, 1.82) is 0 Å². The topological polar surface area (TPSA) is 92.2 Å². The molecule has 6 heteroatoms. The maximum absolute atomic E-state index is 12.1. The van der Waals surface area contributed by atoms with Gasteiger partial charge in [-0.15, -0.1) is 0 Å². The molecule has 1 unspecified atom stereocenters. The van der Waals surface area contributed by atoms with Gasteiger partial charge in [0.05, 0.1) is 6.20 Å². The largest absolute Gasteiger partial charge is 0.479 e. The Labute approximate surface area is 115 Å². The molecule has 20 heavy (non-hydrogen) atoms. The molecule has 0 aliphatic heterocycles. The van der Waals surface area contributed by atoms with Gasteiger partial charge in [-0.2, -0.15) is 0 Å². The molecule has 2 rings (SSSR count). The quantitative estimate of drug-likeness (QED) is 0.871. The van der Waals surface area contributed by atoms with Gasteiger partial charge in [-0.05, 0) is 12.5 Å². The van der Waals surface area contributed by atoms with Crippen molar-refractivity contribution in [3.05, 3.63) is 60.2 Å². The molecule has 1 amide bonds. The molecule has 2 N–H and O–H groups in total. The van der Waals surface area contributed by atoms with Crippen LogP contribution in [-0.2, 0) is 10.3 Å². The molecule has 0 fully saturated rings. The van der Waals surface area contributed by atoms with Crippen LogP contribution in [0.25, 0.3) is 0 Å². The summed E-state index contributed by atoms with van der Waals surface area (Å²) in [7, 11) is 0. The minimum Gasteiger partial charge on any atom is -0.479 e. The van der Waals surface area contributed by atoms with Gasteiger partial charge in [-0.3, -0.25) is 9.78 Å². The van der Waals surface area contributed by atoms with Crippen LogP contribution in [0.2, 0.25) is 0 Å². The van der Waals surface area contributed by atoms with E-state index < -0.39 is 17.4 Å². The number of rotatable bonds is 4. The van der Waals surface area contributed by atoms with E-state index in [1.165, 1.54) is 25.5 Å². The summed E-state index contributed by atoms with van der Waals surface area (Å²) < 4.78 is 0. The lowest BCUT2D eigenvalue weighted by Gasteiger charge is -2.26. The van der Waals surface area contributed by atoms with Crippen LogP contribution in [0.15, 0.2) is 48.9 Å². The number of carboxylic acid groups (broad SMARTS) is 1. The SMILES string of the molecule is CC(NC(=O)c1cnccn1)(C(=O)O)c1ccccc1. The number of benzene rings is 1. The highest BCUT2D eigenvalue weighted by atomic mass is 16.4. The molecule has 0 spiro atoms. The summed E-state index contributed by atoms with van der Waals surface area (Å²) in [6, 6.07) is 8.49. The van der Waals surface area contributed by atoms with E-state index in [0.717, 1.165) is 0 Å². The third-order valence-corrected chi connectivity index (χ3v) is 2.94. The summed E-state index contributed by atoms with van der Waals surface area (Å²) in [6.07, 6.45) is 4.09. The van der Waals surface area contributed by atoms with Crippen molar-refractivity contribution in [2.75, 3.05) is 0 Å². The van der Waals surface area contributed by atoms with Gasteiger partial charge in [0.15, 0.2) is 5.54 Å². The fraction of sp³-hybridized carbons (Fsp3) is 0.143. The number of carbonyl (C=O) groups excluding carboxylic acids is 1. The van der Waals surface area contributed by atoms with Gasteiger partial charge >= 0.3 is 5.97 Å². The van der Waals surface area contributed by atoms with E-state index in [1.807, 2.05) is 0 Å². The number of nitrogens with zero attached hydrogens (tertiary/aromatic N) is 2. The molecule has 1 heterocycles. The zero-order valence-electron chi connectivity index (χ0n) is 10.8. The monoisotopic (exact) mass is 271 g/mol. The lowest BCUT2D eigenvalue weighted by atomic mass is 9.92. The van der Waals surface area contributed by atoms with Crippen molar-refractivity contribution in [1.82, 2.24) is 15.3 Å². The predicted octanol–water partition coefficient (Wildman–Crippen LogP) is 1.21. The van der Waals surface area contributed by atoms with Crippen molar-refractivity contribution >= 4 is 11.9 Å². The van der Waals surface area contributed by atoms with Crippen LogP contribution in [0, 0.1) is 0 Å². The molecule has 1 aromatic carbocycles. The number of hydrogen-bond donors (Lipinski definition) is 2. The van der Waals surface area contributed by atoms with Crippen LogP contribution in [-0.4, -0.2) is 27.0 Å². The Kier molecular flexibility index (Phi) is 3.74. The van der Waals surface area contributed by atoms with E-state index in [4.69, 9.17) is 0 Å². The Balaban J connectivity index is 2.32. The summed E-state index contributed by atoms with van der Waals surface area (Å²) in [5.41, 5.74) is -0.990. The lowest BCUT2D eigenvalue weighted by molar-refractivity contribution is -0.144. The van der Waals surface area contributed by atoms with E-state index in [2.05, 4.69) is 15.3 Å². The second-order valence-electron chi connectivity index (χ2n) is 4.34. The van der Waals surface area contributed by atoms with Gasteiger partial charge in [-0.1, -0.05) is 30.3 Å². The van der Waals surface area contributed by atoms with Gasteiger partial charge in [0, 0.05) is 12.4 Å². The fourth-order valence-corrected chi connectivity index (χ4v) is 1.73. The van der Waals surface area contributed by atoms with E-state index >= 15 is 0 Å². The number of amides is 1. The average Bonchev–Trinajstić information content (AvgIpc) is 2.48. The van der Waals surface area contributed by atoms with Crippen LogP contribution in [0.5, 0.6) is 0 Å². The first kappa shape index (κ1) is 13.7. The Morgan fingerprint density at radius 3 is 2.45 bits per heavy atom. The van der Waals surface area contributed by atoms with Gasteiger partial charge in [0.25, 0.3) is 5.91 Å². The van der Waals surface area contributed by atoms with Crippen molar-refractivity contribution in [3.63, 3.8) is 0 Å². The molecule has 1 aromatic heterocycles. The number of hydrogen-bond acceptors (Lipinski definition) is 4. The van der Waals surface area contributed by atoms with Crippen LogP contribution in [0.4, 0.5) is 0 Å². The summed E-state index contributed by atoms with van der Waals surface area (Å²) in [4.78, 5) is 31.2. The predicted molar refractivity (Wildman–Crippen MR) is 70.9 cm³/mol. The normalized spacial score (nSPS) is 13.2. The van der Waals surface area contributed by atoms with Gasteiger partial charge in [-0.25, -0.2) is 9.78 Å². The van der Waals surface area contributed by atoms with E-state index in [1.54, 1.807) is 30.3 Å². The number of nitrogens with one attached hydrogen (secondary N) is 1. The van der Waals surface area contributed by atoms with Crippen LogP contribution >= 0.6 is 0 Å². The van der Waals surface area contributed by atoms with Gasteiger partial charge in [0.1, 0.15) is 5.69 Å². The Morgan fingerprint density at radius 2 is 1.90 bits per heavy atom. The van der Waals surface area contributed by atoms with Crippen LogP contribution < -0.4 is 5.32 Å². The standard InChI is InChI=1S/C14H13N3O3/c1-14(13(19)20,10-5-3-2-4-6-10)17-12(18)11-9-15-7-8-16-11/h2-9H,1H3,(H,17,18)(H,19,20). The first-order chi connectivity index (χ1) is 9.54. The minimum absolute atomic E-state index is 0.0657. The Hall–Kier alpha value is -2.76. The molecule has 1 atom stereocenters. The zero-order valence-corrected chi connectivity index (χ0v) is 10.8. The highest BCUT2D eigenvalue weighted by Gasteiger charge is 2.37. The minimum atomic E-state index is -1.53. The number of carbonyl (C=O) groups is 2. The third kappa shape index (κ3) is 2.64. The Bertz CT molecular complexity index is 616. The van der Waals surface area contributed by atoms with Crippen molar-refractivity contribution in [2.45, 2.75) is 12.5 Å². The molecule has 0 aliphatic rings. The molecule has 0 bridgehead atoms. The summed E-state index contributed by atoms with van der Waals surface area (Å²) in [6.45, 7) is 1.43. The van der Waals surface area contributed by atoms with E-state index in [0.29, 0.717) is 5.56 Å². The van der Waals surface area contributed by atoms with Crippen LogP contribution in [0.3, 0.4) is 0 Å². The molecule has 0 aliphatic carbocycles. The summed E-state index contributed by atoms with van der Waals surface area (Å²) in [5, 5.41) is 11.9. The van der Waals surface area contributed by atoms with Crippen molar-refractivity contribution in [2.24, 2.45) is 0 Å². The Morgan fingerprint density at radius 1 is 1.20 bits per heavy atom. The number of carboxylic acids is 1. The molecular formula is C14H13N3O3. The summed E-state index contributed by atoms with van der Waals surface area (Å²) >= 11 is 0. The van der Waals surface area contributed by atoms with Crippen LogP contribution in [0.1, 0.15) is 23.0 Å². The molecular weight excluding hydrogens is 258 g/mol. The van der Waals surface area contributed by atoms with Gasteiger partial charge < -0.3 is 10.4 Å². The average molecular weight is 271 g/mol.